The predicted molar refractivity (Wildman–Crippen MR) is 88.3 cm³/mol. The number of aliphatic hydroxyl groups excluding tert-OH is 1. The Labute approximate surface area is 133 Å². The fourth-order valence-electron chi connectivity index (χ4n) is 3.07. The summed E-state index contributed by atoms with van der Waals surface area (Å²) in [6, 6.07) is 7.97. The van der Waals surface area contributed by atoms with Crippen LogP contribution in [0.2, 0.25) is 0 Å². The fourth-order valence-corrected chi connectivity index (χ4v) is 3.07. The summed E-state index contributed by atoms with van der Waals surface area (Å²) in [5.41, 5.74) is 1.18. The van der Waals surface area contributed by atoms with E-state index in [1.165, 1.54) is 24.9 Å². The molecule has 0 spiro atoms. The van der Waals surface area contributed by atoms with Gasteiger partial charge in [-0.2, -0.15) is 0 Å². The first-order valence-corrected chi connectivity index (χ1v) is 8.51. The highest BCUT2D eigenvalue weighted by atomic mass is 16.5. The third kappa shape index (κ3) is 4.97. The van der Waals surface area contributed by atoms with Crippen molar-refractivity contribution in [2.24, 2.45) is 5.92 Å². The average Bonchev–Trinajstić information content (AvgIpc) is 3.31. The monoisotopic (exact) mass is 304 g/mol. The SMILES string of the molecule is Cc1cccc(OCC(O)CN2CCN(CC3CC3)CC2)c1. The molecule has 22 heavy (non-hydrogen) atoms. The van der Waals surface area contributed by atoms with Crippen molar-refractivity contribution in [1.29, 1.82) is 0 Å². The molecule has 0 amide bonds. The molecule has 1 aromatic carbocycles. The van der Waals surface area contributed by atoms with Crippen LogP contribution in [0.3, 0.4) is 0 Å². The van der Waals surface area contributed by atoms with Gasteiger partial charge in [-0.05, 0) is 43.4 Å². The van der Waals surface area contributed by atoms with Crippen molar-refractivity contribution >= 4 is 0 Å². The van der Waals surface area contributed by atoms with Gasteiger partial charge in [0.05, 0.1) is 0 Å². The van der Waals surface area contributed by atoms with Crippen LogP contribution in [0.25, 0.3) is 0 Å². The van der Waals surface area contributed by atoms with Gasteiger partial charge in [0.15, 0.2) is 0 Å². The number of hydrogen-bond donors (Lipinski definition) is 1. The maximum Gasteiger partial charge on any atom is 0.119 e. The predicted octanol–water partition coefficient (Wildman–Crippen LogP) is 1.76. The third-order valence-electron chi connectivity index (χ3n) is 4.58. The van der Waals surface area contributed by atoms with Crippen LogP contribution in [0.5, 0.6) is 5.75 Å². The van der Waals surface area contributed by atoms with Gasteiger partial charge in [0, 0.05) is 39.3 Å². The molecular formula is C18H28N2O2. The molecule has 1 saturated carbocycles. The molecule has 1 N–H and O–H groups in total. The highest BCUT2D eigenvalue weighted by Gasteiger charge is 2.26. The summed E-state index contributed by atoms with van der Waals surface area (Å²) in [4.78, 5) is 4.93. The first-order chi connectivity index (χ1) is 10.7. The number of aliphatic hydroxyl groups is 1. The molecular weight excluding hydrogens is 276 g/mol. The van der Waals surface area contributed by atoms with E-state index in [1.807, 2.05) is 31.2 Å². The van der Waals surface area contributed by atoms with E-state index in [9.17, 15) is 5.11 Å². The van der Waals surface area contributed by atoms with Gasteiger partial charge in [-0.1, -0.05) is 12.1 Å². The molecule has 1 aromatic rings. The lowest BCUT2D eigenvalue weighted by molar-refractivity contribution is 0.0452. The number of hydrogen-bond acceptors (Lipinski definition) is 4. The Morgan fingerprint density at radius 2 is 1.91 bits per heavy atom. The number of aryl methyl sites for hydroxylation is 1. The first-order valence-electron chi connectivity index (χ1n) is 8.51. The Morgan fingerprint density at radius 3 is 2.59 bits per heavy atom. The summed E-state index contributed by atoms with van der Waals surface area (Å²) >= 11 is 0. The zero-order valence-electron chi connectivity index (χ0n) is 13.6. The van der Waals surface area contributed by atoms with Crippen molar-refractivity contribution in [3.05, 3.63) is 29.8 Å². The van der Waals surface area contributed by atoms with Crippen molar-refractivity contribution in [2.75, 3.05) is 45.9 Å². The Morgan fingerprint density at radius 1 is 1.18 bits per heavy atom. The second-order valence-electron chi connectivity index (χ2n) is 6.83. The highest BCUT2D eigenvalue weighted by molar-refractivity contribution is 5.27. The Bertz CT molecular complexity index is 468. The molecule has 1 atom stereocenters. The molecule has 1 heterocycles. The summed E-state index contributed by atoms with van der Waals surface area (Å²) in [6.45, 7) is 8.82. The van der Waals surface area contributed by atoms with Gasteiger partial charge in [0.2, 0.25) is 0 Å². The van der Waals surface area contributed by atoms with Crippen LogP contribution in [-0.2, 0) is 0 Å². The van der Waals surface area contributed by atoms with Crippen molar-refractivity contribution in [3.63, 3.8) is 0 Å². The molecule has 1 unspecified atom stereocenters. The maximum absolute atomic E-state index is 10.2. The molecule has 1 aliphatic carbocycles. The van der Waals surface area contributed by atoms with Gasteiger partial charge >= 0.3 is 0 Å². The van der Waals surface area contributed by atoms with Gasteiger partial charge in [0.25, 0.3) is 0 Å². The number of β-amino-alcohol motifs (C(OH)–C–C–N with tert-alkyl or cyclic N) is 1. The number of piperazine rings is 1. The Balaban J connectivity index is 1.34. The quantitative estimate of drug-likeness (QED) is 0.833. The zero-order valence-corrected chi connectivity index (χ0v) is 13.6. The minimum absolute atomic E-state index is 0.367. The largest absolute Gasteiger partial charge is 0.491 e. The topological polar surface area (TPSA) is 35.9 Å². The van der Waals surface area contributed by atoms with Crippen LogP contribution >= 0.6 is 0 Å². The van der Waals surface area contributed by atoms with E-state index in [0.29, 0.717) is 13.2 Å². The highest BCUT2D eigenvalue weighted by Crippen LogP contribution is 2.29. The summed E-state index contributed by atoms with van der Waals surface area (Å²) in [6.07, 6.45) is 2.43. The lowest BCUT2D eigenvalue weighted by Gasteiger charge is -2.35. The van der Waals surface area contributed by atoms with Gasteiger partial charge < -0.3 is 14.7 Å². The number of ether oxygens (including phenoxy) is 1. The van der Waals surface area contributed by atoms with E-state index in [4.69, 9.17) is 4.74 Å². The van der Waals surface area contributed by atoms with Crippen LogP contribution in [-0.4, -0.2) is 66.9 Å². The summed E-state index contributed by atoms with van der Waals surface area (Å²) in [7, 11) is 0. The van der Waals surface area contributed by atoms with E-state index in [0.717, 1.165) is 37.8 Å². The molecule has 0 bridgehead atoms. The molecule has 122 valence electrons. The second kappa shape index (κ2) is 7.44. The lowest BCUT2D eigenvalue weighted by atomic mass is 10.2. The fraction of sp³-hybridized carbons (Fsp3) is 0.667. The third-order valence-corrected chi connectivity index (χ3v) is 4.58. The van der Waals surface area contributed by atoms with E-state index >= 15 is 0 Å². The van der Waals surface area contributed by atoms with Crippen LogP contribution < -0.4 is 4.74 Å². The number of benzene rings is 1. The first kappa shape index (κ1) is 15.8. The van der Waals surface area contributed by atoms with Crippen LogP contribution in [0, 0.1) is 12.8 Å². The minimum Gasteiger partial charge on any atom is -0.491 e. The average molecular weight is 304 g/mol. The second-order valence-corrected chi connectivity index (χ2v) is 6.83. The van der Waals surface area contributed by atoms with Crippen molar-refractivity contribution < 1.29 is 9.84 Å². The molecule has 4 nitrogen and oxygen atoms in total. The molecule has 2 aliphatic rings. The molecule has 0 aromatic heterocycles. The molecule has 1 saturated heterocycles. The Kier molecular flexibility index (Phi) is 5.34. The van der Waals surface area contributed by atoms with Crippen molar-refractivity contribution in [3.8, 4) is 5.75 Å². The smallest absolute Gasteiger partial charge is 0.119 e. The van der Waals surface area contributed by atoms with Crippen molar-refractivity contribution in [1.82, 2.24) is 9.80 Å². The molecule has 0 radical (unpaired) electrons. The molecule has 1 aliphatic heterocycles. The zero-order chi connectivity index (χ0) is 15.4. The van der Waals surface area contributed by atoms with E-state index in [1.54, 1.807) is 0 Å². The molecule has 3 rings (SSSR count). The van der Waals surface area contributed by atoms with Crippen LogP contribution in [0.1, 0.15) is 18.4 Å². The summed E-state index contributed by atoms with van der Waals surface area (Å²) in [5, 5.41) is 10.2. The van der Waals surface area contributed by atoms with Gasteiger partial charge in [-0.25, -0.2) is 0 Å². The van der Waals surface area contributed by atoms with Crippen molar-refractivity contribution in [2.45, 2.75) is 25.9 Å². The maximum atomic E-state index is 10.2. The number of nitrogens with zero attached hydrogens (tertiary/aromatic N) is 2. The molecule has 4 heteroatoms. The van der Waals surface area contributed by atoms with Gasteiger partial charge in [-0.3, -0.25) is 4.90 Å². The van der Waals surface area contributed by atoms with Crippen LogP contribution in [0.15, 0.2) is 24.3 Å². The summed E-state index contributed by atoms with van der Waals surface area (Å²) in [5.74, 6) is 1.81. The van der Waals surface area contributed by atoms with Gasteiger partial charge in [0.1, 0.15) is 18.5 Å². The standard InChI is InChI=1S/C18H28N2O2/c1-15-3-2-4-18(11-15)22-14-17(21)13-20-9-7-19(8-10-20)12-16-5-6-16/h2-4,11,16-17,21H,5-10,12-14H2,1H3. The summed E-state index contributed by atoms with van der Waals surface area (Å²) < 4.78 is 5.69. The van der Waals surface area contributed by atoms with E-state index in [-0.39, 0.29) is 0 Å². The minimum atomic E-state index is -0.421. The normalized spacial score (nSPS) is 21.7. The Hall–Kier alpha value is -1.10. The van der Waals surface area contributed by atoms with E-state index < -0.39 is 6.10 Å². The molecule has 2 fully saturated rings. The van der Waals surface area contributed by atoms with E-state index in [2.05, 4.69) is 9.80 Å². The van der Waals surface area contributed by atoms with Gasteiger partial charge in [-0.15, -0.1) is 0 Å². The lowest BCUT2D eigenvalue weighted by Crippen LogP contribution is -2.49. The number of rotatable bonds is 7. The van der Waals surface area contributed by atoms with Crippen LogP contribution in [0.4, 0.5) is 0 Å².